The Morgan fingerprint density at radius 2 is 2.50 bits per heavy atom. The number of ether oxygens (including phenoxy) is 1. The van der Waals surface area contributed by atoms with E-state index in [-0.39, 0.29) is 0 Å². The van der Waals surface area contributed by atoms with E-state index in [1.54, 1.807) is 12.4 Å². The lowest BCUT2D eigenvalue weighted by atomic mass is 9.74. The molecule has 4 rings (SSSR count). The van der Waals surface area contributed by atoms with Crippen LogP contribution in [0.15, 0.2) is 24.5 Å². The van der Waals surface area contributed by atoms with Gasteiger partial charge in [0, 0.05) is 6.20 Å². The molecule has 2 bridgehead atoms. The van der Waals surface area contributed by atoms with Crippen LogP contribution in [-0.4, -0.2) is 23.7 Å². The van der Waals surface area contributed by atoms with Crippen molar-refractivity contribution in [2.75, 3.05) is 13.2 Å². The summed E-state index contributed by atoms with van der Waals surface area (Å²) in [5, 5.41) is 3.53. The molecule has 2 aliphatic heterocycles. The molecule has 3 nitrogen and oxygen atoms in total. The molecule has 1 N–H and O–H groups in total. The highest BCUT2D eigenvalue weighted by Gasteiger charge is 2.50. The lowest BCUT2D eigenvalue weighted by molar-refractivity contribution is 0.130. The predicted octanol–water partition coefficient (Wildman–Crippen LogP) is 1.21. The number of hydrogen-bond acceptors (Lipinski definition) is 3. The Hall–Kier alpha value is -1.09. The zero-order valence-electron chi connectivity index (χ0n) is 8.07. The minimum Gasteiger partial charge on any atom is -0.490 e. The van der Waals surface area contributed by atoms with Crippen molar-refractivity contribution in [2.24, 2.45) is 5.92 Å². The number of hydrogen-bond donors (Lipinski definition) is 1. The van der Waals surface area contributed by atoms with E-state index in [0.29, 0.717) is 5.54 Å². The minimum absolute atomic E-state index is 0.292. The number of rotatable bonds is 3. The van der Waals surface area contributed by atoms with E-state index in [1.807, 2.05) is 12.1 Å². The van der Waals surface area contributed by atoms with Crippen LogP contribution in [0, 0.1) is 5.92 Å². The molecule has 1 aliphatic carbocycles. The van der Waals surface area contributed by atoms with Gasteiger partial charge in [-0.3, -0.25) is 4.98 Å². The van der Waals surface area contributed by atoms with Gasteiger partial charge in [0.05, 0.1) is 11.7 Å². The van der Waals surface area contributed by atoms with Gasteiger partial charge in [0.2, 0.25) is 0 Å². The number of aromatic nitrogens is 1. The fraction of sp³-hybridized carbons (Fsp3) is 0.545. The van der Waals surface area contributed by atoms with Crippen molar-refractivity contribution in [2.45, 2.75) is 18.4 Å². The molecule has 0 radical (unpaired) electrons. The number of pyridine rings is 1. The third-order valence-corrected chi connectivity index (χ3v) is 3.27. The van der Waals surface area contributed by atoms with Gasteiger partial charge in [0.1, 0.15) is 12.4 Å². The van der Waals surface area contributed by atoms with Crippen molar-refractivity contribution in [3.63, 3.8) is 0 Å². The summed E-state index contributed by atoms with van der Waals surface area (Å²) in [5.41, 5.74) is 0.292. The Morgan fingerprint density at radius 1 is 1.57 bits per heavy atom. The van der Waals surface area contributed by atoms with E-state index in [0.717, 1.165) is 18.3 Å². The molecular formula is C11H14N2O. The van der Waals surface area contributed by atoms with Crippen LogP contribution < -0.4 is 10.1 Å². The van der Waals surface area contributed by atoms with Gasteiger partial charge in [-0.15, -0.1) is 0 Å². The van der Waals surface area contributed by atoms with Crippen LogP contribution in [-0.2, 0) is 0 Å². The zero-order chi connectivity index (χ0) is 9.43. The molecule has 0 unspecified atom stereocenters. The quantitative estimate of drug-likeness (QED) is 0.778. The molecule has 1 aromatic heterocycles. The molecule has 0 spiro atoms. The molecule has 3 fully saturated rings. The van der Waals surface area contributed by atoms with Gasteiger partial charge in [-0.25, -0.2) is 0 Å². The van der Waals surface area contributed by atoms with E-state index in [2.05, 4.69) is 10.3 Å². The maximum atomic E-state index is 5.71. The highest BCUT2D eigenvalue weighted by atomic mass is 16.5. The normalized spacial score (nSPS) is 33.9. The Labute approximate surface area is 83.5 Å². The monoisotopic (exact) mass is 190 g/mol. The summed E-state index contributed by atoms with van der Waals surface area (Å²) < 4.78 is 5.71. The van der Waals surface area contributed by atoms with Gasteiger partial charge in [-0.05, 0) is 37.4 Å². The van der Waals surface area contributed by atoms with Crippen molar-refractivity contribution < 1.29 is 4.74 Å². The summed E-state index contributed by atoms with van der Waals surface area (Å²) in [6, 6.07) is 3.85. The molecule has 0 aromatic carbocycles. The Bertz CT molecular complexity index is 314. The van der Waals surface area contributed by atoms with Crippen LogP contribution in [0.3, 0.4) is 0 Å². The first-order valence-corrected chi connectivity index (χ1v) is 5.14. The van der Waals surface area contributed by atoms with Crippen LogP contribution in [0.4, 0.5) is 0 Å². The second-order valence-electron chi connectivity index (χ2n) is 4.41. The number of fused-ring (bicyclic) bond motifs is 1. The summed E-state index contributed by atoms with van der Waals surface area (Å²) in [6.45, 7) is 1.96. The van der Waals surface area contributed by atoms with Crippen molar-refractivity contribution in [3.05, 3.63) is 24.5 Å². The van der Waals surface area contributed by atoms with Gasteiger partial charge in [0.15, 0.2) is 0 Å². The van der Waals surface area contributed by atoms with E-state index < -0.39 is 0 Å². The first-order chi connectivity index (χ1) is 6.86. The van der Waals surface area contributed by atoms with E-state index in [4.69, 9.17) is 4.74 Å². The molecule has 1 saturated carbocycles. The molecular weight excluding hydrogens is 176 g/mol. The Kier molecular flexibility index (Phi) is 1.74. The van der Waals surface area contributed by atoms with E-state index in [9.17, 15) is 0 Å². The summed E-state index contributed by atoms with van der Waals surface area (Å²) in [7, 11) is 0. The Balaban J connectivity index is 1.60. The molecule has 74 valence electrons. The molecule has 0 atom stereocenters. The van der Waals surface area contributed by atoms with Crippen LogP contribution >= 0.6 is 0 Å². The standard InChI is InChI=1S/C11H14N2O/c1-2-10(7-12-3-1)14-8-11-4-9(5-11)6-13-11/h1-3,7,9,13H,4-6,8H2. The molecule has 3 heteroatoms. The van der Waals surface area contributed by atoms with Crippen molar-refractivity contribution in [1.82, 2.24) is 10.3 Å². The van der Waals surface area contributed by atoms with Gasteiger partial charge in [-0.1, -0.05) is 0 Å². The lowest BCUT2D eigenvalue weighted by Gasteiger charge is -2.37. The fourth-order valence-corrected chi connectivity index (χ4v) is 2.52. The molecule has 2 saturated heterocycles. The smallest absolute Gasteiger partial charge is 0.137 e. The number of nitrogens with one attached hydrogen (secondary N) is 1. The maximum Gasteiger partial charge on any atom is 0.137 e. The summed E-state index contributed by atoms with van der Waals surface area (Å²) >= 11 is 0. The van der Waals surface area contributed by atoms with Gasteiger partial charge >= 0.3 is 0 Å². The SMILES string of the molecule is c1cncc(OCC23CC(CN2)C3)c1. The highest BCUT2D eigenvalue weighted by Crippen LogP contribution is 2.43. The van der Waals surface area contributed by atoms with Crippen molar-refractivity contribution >= 4 is 0 Å². The number of nitrogens with zero attached hydrogens (tertiary/aromatic N) is 1. The van der Waals surface area contributed by atoms with Gasteiger partial charge in [0.25, 0.3) is 0 Å². The average Bonchev–Trinajstić information content (AvgIpc) is 2.75. The fourth-order valence-electron chi connectivity index (χ4n) is 2.52. The maximum absolute atomic E-state index is 5.71. The van der Waals surface area contributed by atoms with Crippen LogP contribution in [0.25, 0.3) is 0 Å². The van der Waals surface area contributed by atoms with Gasteiger partial charge < -0.3 is 10.1 Å². The third-order valence-electron chi connectivity index (χ3n) is 3.27. The first-order valence-electron chi connectivity index (χ1n) is 5.14. The third kappa shape index (κ3) is 1.28. The van der Waals surface area contributed by atoms with E-state index in [1.165, 1.54) is 19.4 Å². The van der Waals surface area contributed by atoms with Crippen molar-refractivity contribution in [1.29, 1.82) is 0 Å². The predicted molar refractivity (Wildman–Crippen MR) is 53.2 cm³/mol. The van der Waals surface area contributed by atoms with Crippen molar-refractivity contribution in [3.8, 4) is 5.75 Å². The minimum atomic E-state index is 0.292. The molecule has 3 aliphatic rings. The largest absolute Gasteiger partial charge is 0.490 e. The van der Waals surface area contributed by atoms with E-state index >= 15 is 0 Å². The molecule has 0 amide bonds. The Morgan fingerprint density at radius 3 is 3.14 bits per heavy atom. The van der Waals surface area contributed by atoms with Crippen LogP contribution in [0.2, 0.25) is 0 Å². The topological polar surface area (TPSA) is 34.1 Å². The highest BCUT2D eigenvalue weighted by molar-refractivity contribution is 5.17. The average molecular weight is 190 g/mol. The second kappa shape index (κ2) is 2.95. The molecule has 3 heterocycles. The summed E-state index contributed by atoms with van der Waals surface area (Å²) in [6.07, 6.45) is 6.10. The van der Waals surface area contributed by atoms with Gasteiger partial charge in [-0.2, -0.15) is 0 Å². The first kappa shape index (κ1) is 8.24. The molecule has 14 heavy (non-hydrogen) atoms. The molecule has 1 aromatic rings. The summed E-state index contributed by atoms with van der Waals surface area (Å²) in [4.78, 5) is 4.02. The second-order valence-corrected chi connectivity index (χ2v) is 4.41. The summed E-state index contributed by atoms with van der Waals surface area (Å²) in [5.74, 6) is 1.78. The van der Waals surface area contributed by atoms with Crippen LogP contribution in [0.5, 0.6) is 5.75 Å². The van der Waals surface area contributed by atoms with Crippen LogP contribution in [0.1, 0.15) is 12.8 Å². The lowest BCUT2D eigenvalue weighted by Crippen LogP contribution is -2.48. The zero-order valence-corrected chi connectivity index (χ0v) is 8.07.